The quantitative estimate of drug-likeness (QED) is 0.846. The molecule has 1 aromatic rings. The van der Waals surface area contributed by atoms with E-state index >= 15 is 0 Å². The minimum Gasteiger partial charge on any atom is -0.383 e. The van der Waals surface area contributed by atoms with Gasteiger partial charge in [-0.25, -0.2) is 0 Å². The number of anilines is 1. The van der Waals surface area contributed by atoms with Gasteiger partial charge in [0, 0.05) is 23.5 Å². The second kappa shape index (κ2) is 5.17. The molecule has 94 valence electrons. The Balaban J connectivity index is 2.81. The van der Waals surface area contributed by atoms with E-state index in [9.17, 15) is 4.79 Å². The molecule has 1 amide bonds. The highest BCUT2D eigenvalue weighted by molar-refractivity contribution is 5.93. The van der Waals surface area contributed by atoms with Crippen molar-refractivity contribution in [2.45, 2.75) is 46.2 Å². The summed E-state index contributed by atoms with van der Waals surface area (Å²) in [4.78, 5) is 16.0. The van der Waals surface area contributed by atoms with Crippen LogP contribution in [-0.4, -0.2) is 22.5 Å². The molecule has 0 aromatic carbocycles. The molecule has 0 unspecified atom stereocenters. The van der Waals surface area contributed by atoms with Crippen molar-refractivity contribution in [3.05, 3.63) is 24.0 Å². The van der Waals surface area contributed by atoms with Crippen molar-refractivity contribution in [3.8, 4) is 0 Å². The number of rotatable bonds is 3. The molecule has 0 spiro atoms. The number of carbonyl (C=O) groups excluding carboxylic acids is 1. The lowest BCUT2D eigenvalue weighted by molar-refractivity contribution is 0.0914. The van der Waals surface area contributed by atoms with Gasteiger partial charge in [-0.2, -0.15) is 0 Å². The van der Waals surface area contributed by atoms with Crippen LogP contribution in [0.5, 0.6) is 0 Å². The molecule has 17 heavy (non-hydrogen) atoms. The van der Waals surface area contributed by atoms with Crippen molar-refractivity contribution in [2.75, 3.05) is 5.32 Å². The van der Waals surface area contributed by atoms with Gasteiger partial charge in [0.2, 0.25) is 0 Å². The number of carbonyl (C=O) groups is 1. The molecule has 0 atom stereocenters. The Hall–Kier alpha value is -1.58. The molecule has 2 N–H and O–H groups in total. The maximum absolute atomic E-state index is 11.9. The van der Waals surface area contributed by atoms with Crippen LogP contribution in [0.15, 0.2) is 18.3 Å². The number of hydrogen-bond acceptors (Lipinski definition) is 3. The normalized spacial score (nSPS) is 11.4. The highest BCUT2D eigenvalue weighted by atomic mass is 16.2. The largest absolute Gasteiger partial charge is 0.383 e. The maximum Gasteiger partial charge on any atom is 0.270 e. The molecule has 4 nitrogen and oxygen atoms in total. The van der Waals surface area contributed by atoms with Crippen molar-refractivity contribution in [3.63, 3.8) is 0 Å². The lowest BCUT2D eigenvalue weighted by Crippen LogP contribution is -2.40. The molecule has 0 aliphatic rings. The number of nitrogens with zero attached hydrogens (tertiary/aromatic N) is 1. The zero-order valence-electron chi connectivity index (χ0n) is 11.2. The molecule has 0 radical (unpaired) electrons. The summed E-state index contributed by atoms with van der Waals surface area (Å²) in [6.45, 7) is 9.94. The van der Waals surface area contributed by atoms with Crippen LogP contribution < -0.4 is 10.6 Å². The second-order valence-electron chi connectivity index (χ2n) is 5.43. The molecular weight excluding hydrogens is 214 g/mol. The summed E-state index contributed by atoms with van der Waals surface area (Å²) < 4.78 is 0. The number of aromatic nitrogens is 1. The van der Waals surface area contributed by atoms with E-state index in [1.54, 1.807) is 12.3 Å². The molecule has 0 saturated heterocycles. The van der Waals surface area contributed by atoms with Gasteiger partial charge in [0.25, 0.3) is 5.91 Å². The van der Waals surface area contributed by atoms with Crippen LogP contribution in [0.1, 0.15) is 45.1 Å². The Kier molecular flexibility index (Phi) is 4.10. The molecule has 0 bridgehead atoms. The first-order valence-corrected chi connectivity index (χ1v) is 5.83. The minimum absolute atomic E-state index is 0.148. The highest BCUT2D eigenvalue weighted by Gasteiger charge is 2.16. The maximum atomic E-state index is 11.9. The number of pyridine rings is 1. The monoisotopic (exact) mass is 235 g/mol. The highest BCUT2D eigenvalue weighted by Crippen LogP contribution is 2.10. The summed E-state index contributed by atoms with van der Waals surface area (Å²) >= 11 is 0. The van der Waals surface area contributed by atoms with Crippen molar-refractivity contribution < 1.29 is 4.79 Å². The number of amides is 1. The summed E-state index contributed by atoms with van der Waals surface area (Å²) in [6.07, 6.45) is 1.64. The van der Waals surface area contributed by atoms with Gasteiger partial charge >= 0.3 is 0 Å². The topological polar surface area (TPSA) is 54.0 Å². The Morgan fingerprint density at radius 2 is 2.00 bits per heavy atom. The van der Waals surface area contributed by atoms with Crippen LogP contribution in [0.4, 0.5) is 5.69 Å². The Labute approximate surface area is 103 Å². The van der Waals surface area contributed by atoms with Gasteiger partial charge in [0.1, 0.15) is 5.69 Å². The summed E-state index contributed by atoms with van der Waals surface area (Å²) in [5.41, 5.74) is 1.10. The van der Waals surface area contributed by atoms with E-state index in [0.29, 0.717) is 11.7 Å². The van der Waals surface area contributed by atoms with Crippen molar-refractivity contribution in [1.29, 1.82) is 0 Å². The predicted molar refractivity (Wildman–Crippen MR) is 70.2 cm³/mol. The zero-order chi connectivity index (χ0) is 13.1. The first kappa shape index (κ1) is 13.5. The standard InChI is InChI=1S/C13H21N3O/c1-9(2)15-10-6-7-14-11(8-10)12(17)16-13(3,4)5/h6-9H,1-5H3,(H,14,15)(H,16,17). The molecule has 1 aromatic heterocycles. The first-order chi connectivity index (χ1) is 7.78. The molecular formula is C13H21N3O. The molecule has 0 saturated carbocycles. The van der Waals surface area contributed by atoms with Crippen LogP contribution in [0.25, 0.3) is 0 Å². The third kappa shape index (κ3) is 4.85. The minimum atomic E-state index is -0.250. The molecule has 4 heteroatoms. The van der Waals surface area contributed by atoms with Crippen molar-refractivity contribution in [2.24, 2.45) is 0 Å². The van der Waals surface area contributed by atoms with Gasteiger partial charge in [-0.1, -0.05) is 0 Å². The van der Waals surface area contributed by atoms with Crippen LogP contribution in [0.3, 0.4) is 0 Å². The zero-order valence-corrected chi connectivity index (χ0v) is 11.2. The summed E-state index contributed by atoms with van der Waals surface area (Å²) in [5, 5.41) is 6.13. The average Bonchev–Trinajstić information content (AvgIpc) is 2.14. The van der Waals surface area contributed by atoms with E-state index in [1.165, 1.54) is 0 Å². The smallest absolute Gasteiger partial charge is 0.270 e. The van der Waals surface area contributed by atoms with Gasteiger partial charge in [0.05, 0.1) is 0 Å². The number of hydrogen-bond donors (Lipinski definition) is 2. The van der Waals surface area contributed by atoms with Crippen LogP contribution in [-0.2, 0) is 0 Å². The van der Waals surface area contributed by atoms with Crippen molar-refractivity contribution in [1.82, 2.24) is 10.3 Å². The van der Waals surface area contributed by atoms with Gasteiger partial charge in [0.15, 0.2) is 0 Å². The van der Waals surface area contributed by atoms with Crippen LogP contribution in [0.2, 0.25) is 0 Å². The molecule has 0 fully saturated rings. The van der Waals surface area contributed by atoms with E-state index in [-0.39, 0.29) is 11.4 Å². The van der Waals surface area contributed by atoms with Gasteiger partial charge < -0.3 is 10.6 Å². The Morgan fingerprint density at radius 1 is 1.35 bits per heavy atom. The molecule has 0 aliphatic heterocycles. The third-order valence-electron chi connectivity index (χ3n) is 1.94. The van der Waals surface area contributed by atoms with Crippen LogP contribution >= 0.6 is 0 Å². The van der Waals surface area contributed by atoms with Crippen LogP contribution in [0, 0.1) is 0 Å². The fraction of sp³-hybridized carbons (Fsp3) is 0.538. The fourth-order valence-electron chi connectivity index (χ4n) is 1.38. The van der Waals surface area contributed by atoms with Crippen molar-refractivity contribution >= 4 is 11.6 Å². The summed E-state index contributed by atoms with van der Waals surface area (Å²) in [7, 11) is 0. The van der Waals surface area contributed by atoms with Gasteiger partial charge in [-0.15, -0.1) is 0 Å². The summed E-state index contributed by atoms with van der Waals surface area (Å²) in [5.74, 6) is -0.148. The predicted octanol–water partition coefficient (Wildman–Crippen LogP) is 2.43. The average molecular weight is 235 g/mol. The molecule has 1 heterocycles. The lowest BCUT2D eigenvalue weighted by atomic mass is 10.1. The summed E-state index contributed by atoms with van der Waals surface area (Å²) in [6, 6.07) is 3.95. The first-order valence-electron chi connectivity index (χ1n) is 5.83. The third-order valence-corrected chi connectivity index (χ3v) is 1.94. The van der Waals surface area contributed by atoms with E-state index in [0.717, 1.165) is 5.69 Å². The second-order valence-corrected chi connectivity index (χ2v) is 5.43. The van der Waals surface area contributed by atoms with Gasteiger partial charge in [-0.3, -0.25) is 9.78 Å². The molecule has 0 aliphatic carbocycles. The Morgan fingerprint density at radius 3 is 2.53 bits per heavy atom. The van der Waals surface area contributed by atoms with E-state index in [2.05, 4.69) is 29.5 Å². The number of nitrogens with one attached hydrogen (secondary N) is 2. The molecule has 1 rings (SSSR count). The Bertz CT molecular complexity index is 394. The van der Waals surface area contributed by atoms with E-state index in [4.69, 9.17) is 0 Å². The van der Waals surface area contributed by atoms with E-state index < -0.39 is 0 Å². The SMILES string of the molecule is CC(C)Nc1ccnc(C(=O)NC(C)(C)C)c1. The van der Waals surface area contributed by atoms with Gasteiger partial charge in [-0.05, 0) is 46.8 Å². The van der Waals surface area contributed by atoms with E-state index in [1.807, 2.05) is 26.8 Å². The lowest BCUT2D eigenvalue weighted by Gasteiger charge is -2.20. The fourth-order valence-corrected chi connectivity index (χ4v) is 1.38.